The predicted molar refractivity (Wildman–Crippen MR) is 57.0 cm³/mol. The van der Waals surface area contributed by atoms with Gasteiger partial charge in [-0.3, -0.25) is 0 Å². The molecule has 0 rings (SSSR count). The van der Waals surface area contributed by atoms with E-state index in [1.54, 1.807) is 0 Å². The Morgan fingerprint density at radius 1 is 1.50 bits per heavy atom. The summed E-state index contributed by atoms with van der Waals surface area (Å²) in [6.07, 6.45) is 3.39. The molecular formula is C9H21NOS. The van der Waals surface area contributed by atoms with Crippen molar-refractivity contribution in [2.75, 3.05) is 31.8 Å². The molecule has 0 aromatic rings. The molecule has 1 atom stereocenters. The topological polar surface area (TPSA) is 21.3 Å². The van der Waals surface area contributed by atoms with Crippen molar-refractivity contribution in [2.45, 2.75) is 26.3 Å². The van der Waals surface area contributed by atoms with Crippen molar-refractivity contribution < 1.29 is 4.74 Å². The van der Waals surface area contributed by atoms with E-state index in [2.05, 4.69) is 18.5 Å². The lowest BCUT2D eigenvalue weighted by molar-refractivity contribution is 0.147. The summed E-state index contributed by atoms with van der Waals surface area (Å²) in [5.74, 6) is 1.24. The van der Waals surface area contributed by atoms with Crippen LogP contribution in [-0.2, 0) is 4.74 Å². The van der Waals surface area contributed by atoms with Crippen LogP contribution in [0.4, 0.5) is 0 Å². The smallest absolute Gasteiger partial charge is 0.0590 e. The largest absolute Gasteiger partial charge is 0.380 e. The van der Waals surface area contributed by atoms with E-state index in [0.717, 1.165) is 19.8 Å². The maximum Gasteiger partial charge on any atom is 0.0590 e. The van der Waals surface area contributed by atoms with E-state index in [1.807, 2.05) is 18.7 Å². The molecule has 0 spiro atoms. The fraction of sp³-hybridized carbons (Fsp3) is 1.00. The number of thioether (sulfide) groups is 1. The molecule has 0 bridgehead atoms. The molecule has 0 aliphatic rings. The van der Waals surface area contributed by atoms with Crippen LogP contribution in [0, 0.1) is 0 Å². The first-order valence-electron chi connectivity index (χ1n) is 4.61. The van der Waals surface area contributed by atoms with Gasteiger partial charge in [0.25, 0.3) is 0 Å². The zero-order chi connectivity index (χ0) is 9.23. The summed E-state index contributed by atoms with van der Waals surface area (Å²) < 4.78 is 5.22. The second kappa shape index (κ2) is 9.36. The summed E-state index contributed by atoms with van der Waals surface area (Å²) in [6, 6.07) is 0.623. The molecule has 2 nitrogen and oxygen atoms in total. The van der Waals surface area contributed by atoms with E-state index in [9.17, 15) is 0 Å². The lowest BCUT2D eigenvalue weighted by Gasteiger charge is -2.12. The molecule has 0 heterocycles. The van der Waals surface area contributed by atoms with Crippen LogP contribution in [0.3, 0.4) is 0 Å². The Bertz CT molecular complexity index is 90.6. The first kappa shape index (κ1) is 12.3. The molecule has 0 aromatic heterocycles. The molecule has 3 heteroatoms. The SMILES string of the molecule is CCOCCNC(C)CCSC. The minimum absolute atomic E-state index is 0.623. The second-order valence-electron chi connectivity index (χ2n) is 2.83. The quantitative estimate of drug-likeness (QED) is 0.591. The van der Waals surface area contributed by atoms with E-state index in [4.69, 9.17) is 4.74 Å². The molecule has 0 saturated carbocycles. The molecule has 0 aromatic carbocycles. The van der Waals surface area contributed by atoms with E-state index in [-0.39, 0.29) is 0 Å². The molecular weight excluding hydrogens is 170 g/mol. The summed E-state index contributed by atoms with van der Waals surface area (Å²) in [5.41, 5.74) is 0. The Balaban J connectivity index is 3.02. The van der Waals surface area contributed by atoms with Gasteiger partial charge in [-0.05, 0) is 32.3 Å². The van der Waals surface area contributed by atoms with Gasteiger partial charge in [0.1, 0.15) is 0 Å². The fourth-order valence-electron chi connectivity index (χ4n) is 0.919. The maximum atomic E-state index is 5.22. The number of hydrogen-bond donors (Lipinski definition) is 1. The summed E-state index contributed by atoms with van der Waals surface area (Å²) in [4.78, 5) is 0. The Hall–Kier alpha value is 0.270. The third-order valence-corrected chi connectivity index (χ3v) is 2.34. The highest BCUT2D eigenvalue weighted by Crippen LogP contribution is 1.98. The molecule has 0 aliphatic carbocycles. The third-order valence-electron chi connectivity index (χ3n) is 1.70. The van der Waals surface area contributed by atoms with E-state index >= 15 is 0 Å². The average molecular weight is 191 g/mol. The van der Waals surface area contributed by atoms with Gasteiger partial charge in [0, 0.05) is 19.2 Å². The van der Waals surface area contributed by atoms with Crippen LogP contribution in [0.5, 0.6) is 0 Å². The lowest BCUT2D eigenvalue weighted by atomic mass is 10.2. The minimum Gasteiger partial charge on any atom is -0.380 e. The van der Waals surface area contributed by atoms with Gasteiger partial charge in [-0.2, -0.15) is 11.8 Å². The molecule has 12 heavy (non-hydrogen) atoms. The standard InChI is InChI=1S/C9H21NOS/c1-4-11-7-6-10-9(2)5-8-12-3/h9-10H,4-8H2,1-3H3. The highest BCUT2D eigenvalue weighted by molar-refractivity contribution is 7.98. The summed E-state index contributed by atoms with van der Waals surface area (Å²) >= 11 is 1.90. The van der Waals surface area contributed by atoms with E-state index in [0.29, 0.717) is 6.04 Å². The van der Waals surface area contributed by atoms with Gasteiger partial charge in [-0.15, -0.1) is 0 Å². The van der Waals surface area contributed by atoms with Crippen LogP contribution in [0.2, 0.25) is 0 Å². The number of hydrogen-bond acceptors (Lipinski definition) is 3. The molecule has 0 aliphatic heterocycles. The molecule has 0 radical (unpaired) electrons. The molecule has 0 fully saturated rings. The summed E-state index contributed by atoms with van der Waals surface area (Å²) in [5, 5.41) is 3.41. The number of rotatable bonds is 8. The van der Waals surface area contributed by atoms with Crippen molar-refractivity contribution in [2.24, 2.45) is 0 Å². The van der Waals surface area contributed by atoms with Crippen LogP contribution in [0.1, 0.15) is 20.3 Å². The van der Waals surface area contributed by atoms with Crippen LogP contribution < -0.4 is 5.32 Å². The van der Waals surface area contributed by atoms with Gasteiger partial charge in [0.15, 0.2) is 0 Å². The zero-order valence-electron chi connectivity index (χ0n) is 8.43. The molecule has 1 N–H and O–H groups in total. The average Bonchev–Trinajstić information content (AvgIpc) is 2.09. The third kappa shape index (κ3) is 8.37. The number of nitrogens with one attached hydrogen (secondary N) is 1. The fourth-order valence-corrected chi connectivity index (χ4v) is 1.51. The van der Waals surface area contributed by atoms with Crippen molar-refractivity contribution in [1.29, 1.82) is 0 Å². The predicted octanol–water partition coefficient (Wildman–Crippen LogP) is 1.75. The lowest BCUT2D eigenvalue weighted by Crippen LogP contribution is -2.29. The van der Waals surface area contributed by atoms with Crippen molar-refractivity contribution in [3.63, 3.8) is 0 Å². The van der Waals surface area contributed by atoms with Crippen LogP contribution in [-0.4, -0.2) is 37.8 Å². The summed E-state index contributed by atoms with van der Waals surface area (Å²) in [7, 11) is 0. The highest BCUT2D eigenvalue weighted by Gasteiger charge is 1.98. The highest BCUT2D eigenvalue weighted by atomic mass is 32.2. The monoisotopic (exact) mass is 191 g/mol. The maximum absolute atomic E-state index is 5.22. The van der Waals surface area contributed by atoms with Gasteiger partial charge < -0.3 is 10.1 Å². The van der Waals surface area contributed by atoms with E-state index in [1.165, 1.54) is 12.2 Å². The first-order valence-corrected chi connectivity index (χ1v) is 6.00. The van der Waals surface area contributed by atoms with Crippen molar-refractivity contribution in [1.82, 2.24) is 5.32 Å². The Kier molecular flexibility index (Phi) is 9.57. The molecule has 0 amide bonds. The van der Waals surface area contributed by atoms with Crippen molar-refractivity contribution in [3.8, 4) is 0 Å². The second-order valence-corrected chi connectivity index (χ2v) is 3.82. The number of ether oxygens (including phenoxy) is 1. The van der Waals surface area contributed by atoms with Gasteiger partial charge in [0.05, 0.1) is 6.61 Å². The van der Waals surface area contributed by atoms with Crippen molar-refractivity contribution >= 4 is 11.8 Å². The Morgan fingerprint density at radius 3 is 2.83 bits per heavy atom. The van der Waals surface area contributed by atoms with E-state index < -0.39 is 0 Å². The Morgan fingerprint density at radius 2 is 2.25 bits per heavy atom. The van der Waals surface area contributed by atoms with Crippen LogP contribution >= 0.6 is 11.8 Å². The van der Waals surface area contributed by atoms with Gasteiger partial charge in [-0.25, -0.2) is 0 Å². The first-order chi connectivity index (χ1) is 5.81. The van der Waals surface area contributed by atoms with Gasteiger partial charge in [-0.1, -0.05) is 0 Å². The van der Waals surface area contributed by atoms with Crippen molar-refractivity contribution in [3.05, 3.63) is 0 Å². The molecule has 74 valence electrons. The molecule has 1 unspecified atom stereocenters. The van der Waals surface area contributed by atoms with Gasteiger partial charge >= 0.3 is 0 Å². The molecule has 0 saturated heterocycles. The normalized spacial score (nSPS) is 13.2. The Labute approximate surface area is 80.4 Å². The zero-order valence-corrected chi connectivity index (χ0v) is 9.25. The summed E-state index contributed by atoms with van der Waals surface area (Å²) in [6.45, 7) is 6.88. The van der Waals surface area contributed by atoms with Gasteiger partial charge in [0.2, 0.25) is 0 Å². The van der Waals surface area contributed by atoms with Crippen LogP contribution in [0.15, 0.2) is 0 Å². The van der Waals surface area contributed by atoms with Crippen LogP contribution in [0.25, 0.3) is 0 Å². The minimum atomic E-state index is 0.623.